The third-order valence-electron chi connectivity index (χ3n) is 5.54. The Bertz CT molecular complexity index is 1020. The van der Waals surface area contributed by atoms with E-state index in [0.29, 0.717) is 0 Å². The molecule has 0 N–H and O–H groups in total. The Morgan fingerprint density at radius 3 is 1.10 bits per heavy atom. The predicted octanol–water partition coefficient (Wildman–Crippen LogP) is 6.75. The first-order valence-electron chi connectivity index (χ1n) is 10.5. The minimum absolute atomic E-state index is 1.01. The van der Waals surface area contributed by atoms with Gasteiger partial charge in [-0.3, -0.25) is 0 Å². The van der Waals surface area contributed by atoms with Crippen molar-refractivity contribution >= 4 is 6.60 Å². The van der Waals surface area contributed by atoms with Gasteiger partial charge in [-0.1, -0.05) is 0 Å². The molecule has 0 unspecified atom stereocenters. The summed E-state index contributed by atoms with van der Waals surface area (Å²) in [4.78, 5) is 0. The zero-order valence-electron chi connectivity index (χ0n) is 17.1. The molecule has 0 aliphatic carbocycles. The van der Waals surface area contributed by atoms with Gasteiger partial charge in [0.15, 0.2) is 0 Å². The van der Waals surface area contributed by atoms with Gasteiger partial charge in [-0.25, -0.2) is 0 Å². The van der Waals surface area contributed by atoms with Gasteiger partial charge in [0.1, 0.15) is 0 Å². The summed E-state index contributed by atoms with van der Waals surface area (Å²) >= 11 is 0. The maximum atomic E-state index is 3.74. The Hall–Kier alpha value is -3.23. The van der Waals surface area contributed by atoms with E-state index in [1.54, 1.807) is 0 Å². The summed E-state index contributed by atoms with van der Waals surface area (Å²) in [5.41, 5.74) is 14.3. The molecule has 0 saturated carbocycles. The molecule has 1 aliphatic heterocycles. The first kappa shape index (κ1) is 20.1. The average molecular weight is 404 g/mol. The predicted molar refractivity (Wildman–Crippen MR) is 130 cm³/mol. The van der Waals surface area contributed by atoms with Crippen molar-refractivity contribution in [1.29, 1.82) is 0 Å². The molecule has 3 aromatic rings. The van der Waals surface area contributed by atoms with E-state index < -0.39 is 6.60 Å². The molecule has 1 heterocycles. The second-order valence-electron chi connectivity index (χ2n) is 7.82. The molecule has 3 aromatic carbocycles. The Morgan fingerprint density at radius 1 is 0.433 bits per heavy atom. The molecular formula is C29H25P. The van der Waals surface area contributed by atoms with E-state index in [1.165, 1.54) is 6.42 Å². The summed E-state index contributed by atoms with van der Waals surface area (Å²) in [7, 11) is 0. The van der Waals surface area contributed by atoms with Crippen LogP contribution in [0.25, 0.3) is 0 Å². The molecule has 4 rings (SSSR count). The molecule has 0 spiro atoms. The van der Waals surface area contributed by atoms with Crippen LogP contribution < -0.4 is 0 Å². The Balaban J connectivity index is 1.89. The molecule has 1 fully saturated rings. The molecule has 1 aliphatic rings. The zero-order valence-corrected chi connectivity index (χ0v) is 18.0. The third kappa shape index (κ3) is 4.84. The van der Waals surface area contributed by atoms with Gasteiger partial charge in [0.25, 0.3) is 0 Å². The SMILES string of the molecule is C(#CP1(C#Cc2ccccc2)(C#Cc2ccccc2)CCCCC1)c1ccccc1. The summed E-state index contributed by atoms with van der Waals surface area (Å²) in [6.07, 6.45) is 5.55. The molecule has 30 heavy (non-hydrogen) atoms. The van der Waals surface area contributed by atoms with Crippen LogP contribution in [0.4, 0.5) is 0 Å². The van der Waals surface area contributed by atoms with Crippen molar-refractivity contribution in [3.05, 3.63) is 108 Å². The average Bonchev–Trinajstić information content (AvgIpc) is 2.83. The van der Waals surface area contributed by atoms with Crippen LogP contribution in [-0.4, -0.2) is 12.3 Å². The van der Waals surface area contributed by atoms with Crippen LogP contribution in [0.5, 0.6) is 0 Å². The van der Waals surface area contributed by atoms with Crippen LogP contribution in [0.3, 0.4) is 0 Å². The number of benzene rings is 3. The van der Waals surface area contributed by atoms with E-state index in [9.17, 15) is 0 Å². The van der Waals surface area contributed by atoms with Crippen molar-refractivity contribution in [2.24, 2.45) is 0 Å². The number of rotatable bonds is 0. The number of hydrogen-bond acceptors (Lipinski definition) is 0. The summed E-state index contributed by atoms with van der Waals surface area (Å²) < 4.78 is 0. The first-order valence-corrected chi connectivity index (χ1v) is 13.1. The molecule has 1 heteroatoms. The van der Waals surface area contributed by atoms with Gasteiger partial charge in [-0.15, -0.1) is 0 Å². The molecule has 0 atom stereocenters. The van der Waals surface area contributed by atoms with Crippen LogP contribution in [0, 0.1) is 34.7 Å². The Labute approximate surface area is 180 Å². The normalized spacial score (nSPS) is 17.3. The Kier molecular flexibility index (Phi) is 6.06. The molecule has 0 radical (unpaired) electrons. The molecule has 1 saturated heterocycles. The maximum absolute atomic E-state index is 3.74. The molecule has 0 aromatic heterocycles. The monoisotopic (exact) mass is 404 g/mol. The van der Waals surface area contributed by atoms with Gasteiger partial charge >= 0.3 is 181 Å². The molecule has 0 nitrogen and oxygen atoms in total. The van der Waals surface area contributed by atoms with Gasteiger partial charge in [0.2, 0.25) is 0 Å². The van der Waals surface area contributed by atoms with Gasteiger partial charge < -0.3 is 0 Å². The molecule has 0 bridgehead atoms. The van der Waals surface area contributed by atoms with Crippen molar-refractivity contribution in [2.75, 3.05) is 12.3 Å². The van der Waals surface area contributed by atoms with Crippen LogP contribution in [-0.2, 0) is 0 Å². The van der Waals surface area contributed by atoms with Crippen LogP contribution >= 0.6 is 6.60 Å². The van der Waals surface area contributed by atoms with Gasteiger partial charge in [-0.2, -0.15) is 0 Å². The van der Waals surface area contributed by atoms with Crippen LogP contribution in [0.1, 0.15) is 36.0 Å². The van der Waals surface area contributed by atoms with Crippen molar-refractivity contribution in [1.82, 2.24) is 0 Å². The van der Waals surface area contributed by atoms with Crippen molar-refractivity contribution < 1.29 is 0 Å². The van der Waals surface area contributed by atoms with E-state index in [2.05, 4.69) is 71.1 Å². The standard InChI is InChI=1S/C29H25P/c1-5-13-27(14-6-1)19-24-30(22-11-4-12-23-30,25-20-28-15-7-2-8-16-28)26-21-29-17-9-3-10-18-29/h1-3,5-10,13-18H,4,11-12,22-23H2. The van der Waals surface area contributed by atoms with Crippen LogP contribution in [0.2, 0.25) is 0 Å². The van der Waals surface area contributed by atoms with Crippen molar-refractivity contribution in [2.45, 2.75) is 19.3 Å². The van der Waals surface area contributed by atoms with E-state index >= 15 is 0 Å². The van der Waals surface area contributed by atoms with Gasteiger partial charge in [0.05, 0.1) is 0 Å². The van der Waals surface area contributed by atoms with Gasteiger partial charge in [0, 0.05) is 0 Å². The molecule has 0 amide bonds. The van der Waals surface area contributed by atoms with E-state index in [0.717, 1.165) is 41.9 Å². The molecular weight excluding hydrogens is 379 g/mol. The zero-order chi connectivity index (χ0) is 20.6. The van der Waals surface area contributed by atoms with Crippen LogP contribution in [0.15, 0.2) is 91.0 Å². The fourth-order valence-corrected chi connectivity index (χ4v) is 7.89. The second-order valence-corrected chi connectivity index (χ2v) is 12.4. The topological polar surface area (TPSA) is 0 Å². The van der Waals surface area contributed by atoms with Crippen molar-refractivity contribution in [3.8, 4) is 34.7 Å². The minimum atomic E-state index is -2.86. The van der Waals surface area contributed by atoms with Crippen molar-refractivity contribution in [3.63, 3.8) is 0 Å². The van der Waals surface area contributed by atoms with E-state index in [1.807, 2.05) is 54.6 Å². The quantitative estimate of drug-likeness (QED) is 0.287. The fourth-order valence-electron chi connectivity index (χ4n) is 3.79. The summed E-state index contributed by atoms with van der Waals surface area (Å²) in [5.74, 6) is 10.4. The summed E-state index contributed by atoms with van der Waals surface area (Å²) in [5, 5.41) is 0. The summed E-state index contributed by atoms with van der Waals surface area (Å²) in [6, 6.07) is 30.7. The number of hydrogen-bond donors (Lipinski definition) is 0. The van der Waals surface area contributed by atoms with E-state index in [-0.39, 0.29) is 0 Å². The Morgan fingerprint density at radius 2 is 0.767 bits per heavy atom. The van der Waals surface area contributed by atoms with Gasteiger partial charge in [-0.05, 0) is 0 Å². The first-order chi connectivity index (χ1) is 14.8. The fraction of sp³-hybridized carbons (Fsp3) is 0.172. The third-order valence-corrected chi connectivity index (χ3v) is 10.1. The molecule has 146 valence electrons. The second kappa shape index (κ2) is 9.06. The van der Waals surface area contributed by atoms with E-state index in [4.69, 9.17) is 0 Å². The summed E-state index contributed by atoms with van der Waals surface area (Å²) in [6.45, 7) is -2.86.